The Bertz CT molecular complexity index is 1510. The second-order valence-electron chi connectivity index (χ2n) is 7.85. The number of amides is 1. The van der Waals surface area contributed by atoms with Crippen molar-refractivity contribution in [1.29, 1.82) is 0 Å². The van der Waals surface area contributed by atoms with Gasteiger partial charge in [0.15, 0.2) is 0 Å². The first-order valence-corrected chi connectivity index (χ1v) is 12.8. The summed E-state index contributed by atoms with van der Waals surface area (Å²) in [6.45, 7) is 1.65. The van der Waals surface area contributed by atoms with Gasteiger partial charge in [0.2, 0.25) is 10.0 Å². The molecule has 0 fully saturated rings. The van der Waals surface area contributed by atoms with Crippen LogP contribution in [0.15, 0.2) is 61.1 Å². The van der Waals surface area contributed by atoms with Crippen molar-refractivity contribution in [3.05, 3.63) is 78.0 Å². The van der Waals surface area contributed by atoms with Gasteiger partial charge >= 0.3 is 0 Å². The number of hydrogen-bond donors (Lipinski definition) is 4. The molecule has 0 aliphatic carbocycles. The molecule has 4 rings (SSSR count). The number of aromatic amines is 1. The number of nitrogens with two attached hydrogens (primary N) is 1. The monoisotopic (exact) mass is 525 g/mol. The SMILES string of the molecule is CCS(=O)(=O)Nc1ccc(-c2n[nH]c(Nc3cnccn3)c2C(N)=O)cc1OCCc1cccc(F)c1. The number of ether oxygens (including phenoxy) is 1. The number of nitrogens with zero attached hydrogens (tertiary/aromatic N) is 3. The zero-order valence-electron chi connectivity index (χ0n) is 19.7. The number of aromatic nitrogens is 4. The summed E-state index contributed by atoms with van der Waals surface area (Å²) in [6, 6.07) is 10.7. The van der Waals surface area contributed by atoms with Crippen molar-refractivity contribution >= 4 is 33.3 Å². The van der Waals surface area contributed by atoms with E-state index in [2.05, 4.69) is 30.2 Å². The van der Waals surface area contributed by atoms with E-state index in [0.29, 0.717) is 17.8 Å². The van der Waals surface area contributed by atoms with Gasteiger partial charge in [-0.3, -0.25) is 19.6 Å². The summed E-state index contributed by atoms with van der Waals surface area (Å²) < 4.78 is 46.3. The molecule has 2 heterocycles. The van der Waals surface area contributed by atoms with E-state index in [4.69, 9.17) is 10.5 Å². The topological polar surface area (TPSA) is 165 Å². The minimum Gasteiger partial charge on any atom is -0.491 e. The third-order valence-corrected chi connectivity index (χ3v) is 6.56. The Morgan fingerprint density at radius 2 is 2.03 bits per heavy atom. The second kappa shape index (κ2) is 11.0. The molecule has 0 radical (unpaired) electrons. The molecule has 1 amide bonds. The highest BCUT2D eigenvalue weighted by Gasteiger charge is 2.22. The minimum atomic E-state index is -3.61. The Balaban J connectivity index is 1.66. The standard InChI is InChI=1S/C24H24FN7O4S/c1-2-37(34,35)32-18-7-6-16(13-19(18)36-11-8-15-4-3-5-17(25)12-15)22-21(23(26)33)24(31-30-22)29-20-14-27-9-10-28-20/h3-7,9-10,12-14,32H,2,8,11H2,1H3,(H2,26,33)(H2,28,29,30,31). The van der Waals surface area contributed by atoms with Gasteiger partial charge in [-0.2, -0.15) is 5.10 Å². The summed E-state index contributed by atoms with van der Waals surface area (Å²) in [7, 11) is -3.61. The number of benzene rings is 2. The number of halogens is 1. The molecule has 0 aliphatic heterocycles. The zero-order chi connectivity index (χ0) is 26.4. The van der Waals surface area contributed by atoms with E-state index in [1.807, 2.05) is 0 Å². The number of hydrogen-bond acceptors (Lipinski definition) is 8. The summed E-state index contributed by atoms with van der Waals surface area (Å²) in [4.78, 5) is 20.4. The molecule has 0 bridgehead atoms. The number of rotatable bonds is 11. The van der Waals surface area contributed by atoms with E-state index in [-0.39, 0.29) is 46.7 Å². The Labute approximate surface area is 212 Å². The molecule has 0 aliphatic rings. The van der Waals surface area contributed by atoms with E-state index >= 15 is 0 Å². The Kier molecular flexibility index (Phi) is 7.63. The van der Waals surface area contributed by atoms with Gasteiger partial charge in [0.25, 0.3) is 5.91 Å². The van der Waals surface area contributed by atoms with Crippen LogP contribution in [0, 0.1) is 5.82 Å². The molecule has 0 atom stereocenters. The van der Waals surface area contributed by atoms with Crippen molar-refractivity contribution in [2.24, 2.45) is 5.73 Å². The highest BCUT2D eigenvalue weighted by atomic mass is 32.2. The maximum Gasteiger partial charge on any atom is 0.254 e. The molecular weight excluding hydrogens is 501 g/mol. The lowest BCUT2D eigenvalue weighted by molar-refractivity contribution is 0.100. The summed E-state index contributed by atoms with van der Waals surface area (Å²) in [5.74, 6) is -0.468. The molecule has 0 unspecified atom stereocenters. The van der Waals surface area contributed by atoms with Gasteiger partial charge in [-0.05, 0) is 36.8 Å². The third kappa shape index (κ3) is 6.38. The van der Waals surface area contributed by atoms with Crippen molar-refractivity contribution in [1.82, 2.24) is 20.2 Å². The second-order valence-corrected chi connectivity index (χ2v) is 9.86. The van der Waals surface area contributed by atoms with Crippen LogP contribution in [0.25, 0.3) is 11.3 Å². The summed E-state index contributed by atoms with van der Waals surface area (Å²) in [6.07, 6.45) is 4.82. The maximum absolute atomic E-state index is 13.5. The molecule has 5 N–H and O–H groups in total. The predicted octanol–water partition coefficient (Wildman–Crippen LogP) is 3.23. The minimum absolute atomic E-state index is 0.0678. The number of anilines is 3. The first kappa shape index (κ1) is 25.6. The summed E-state index contributed by atoms with van der Waals surface area (Å²) >= 11 is 0. The van der Waals surface area contributed by atoms with Crippen LogP contribution in [-0.2, 0) is 16.4 Å². The molecule has 11 nitrogen and oxygen atoms in total. The highest BCUT2D eigenvalue weighted by Crippen LogP contribution is 2.34. The van der Waals surface area contributed by atoms with Gasteiger partial charge in [0, 0.05) is 24.4 Å². The van der Waals surface area contributed by atoms with Crippen molar-refractivity contribution in [3.63, 3.8) is 0 Å². The van der Waals surface area contributed by atoms with Crippen LogP contribution in [0.3, 0.4) is 0 Å². The fraction of sp³-hybridized carbons (Fsp3) is 0.167. The van der Waals surface area contributed by atoms with Crippen LogP contribution in [0.2, 0.25) is 0 Å². The van der Waals surface area contributed by atoms with Crippen molar-refractivity contribution < 1.29 is 22.3 Å². The Morgan fingerprint density at radius 3 is 2.73 bits per heavy atom. The fourth-order valence-electron chi connectivity index (χ4n) is 3.46. The van der Waals surface area contributed by atoms with Crippen LogP contribution >= 0.6 is 0 Å². The van der Waals surface area contributed by atoms with E-state index in [1.165, 1.54) is 43.7 Å². The van der Waals surface area contributed by atoms with E-state index in [0.717, 1.165) is 5.56 Å². The molecule has 37 heavy (non-hydrogen) atoms. The molecule has 0 spiro atoms. The summed E-state index contributed by atoms with van der Waals surface area (Å²) in [5.41, 5.74) is 7.30. The largest absolute Gasteiger partial charge is 0.491 e. The fourth-order valence-corrected chi connectivity index (χ4v) is 4.11. The van der Waals surface area contributed by atoms with Gasteiger partial charge in [0.05, 0.1) is 24.2 Å². The summed E-state index contributed by atoms with van der Waals surface area (Å²) in [5, 5.41) is 9.89. The van der Waals surface area contributed by atoms with Crippen molar-refractivity contribution in [2.45, 2.75) is 13.3 Å². The van der Waals surface area contributed by atoms with Crippen LogP contribution in [0.5, 0.6) is 5.75 Å². The average Bonchev–Trinajstić information content (AvgIpc) is 3.29. The molecule has 2 aromatic carbocycles. The van der Waals surface area contributed by atoms with Crippen molar-refractivity contribution in [2.75, 3.05) is 22.4 Å². The number of nitrogens with one attached hydrogen (secondary N) is 3. The number of primary amides is 1. The van der Waals surface area contributed by atoms with Gasteiger partial charge in [0.1, 0.15) is 34.5 Å². The lowest BCUT2D eigenvalue weighted by Gasteiger charge is -2.15. The van der Waals surface area contributed by atoms with E-state index in [1.54, 1.807) is 24.3 Å². The highest BCUT2D eigenvalue weighted by molar-refractivity contribution is 7.92. The van der Waals surface area contributed by atoms with Gasteiger partial charge in [-0.25, -0.2) is 17.8 Å². The Hall–Kier alpha value is -4.52. The molecule has 2 aromatic heterocycles. The maximum atomic E-state index is 13.5. The number of sulfonamides is 1. The first-order chi connectivity index (χ1) is 17.8. The molecule has 192 valence electrons. The quantitative estimate of drug-likeness (QED) is 0.232. The molecule has 13 heteroatoms. The van der Waals surface area contributed by atoms with Crippen LogP contribution in [0.1, 0.15) is 22.8 Å². The molecular formula is C24H24FN7O4S. The predicted molar refractivity (Wildman–Crippen MR) is 137 cm³/mol. The van der Waals surface area contributed by atoms with Gasteiger partial charge < -0.3 is 15.8 Å². The number of carbonyl (C=O) groups is 1. The van der Waals surface area contributed by atoms with E-state index in [9.17, 15) is 17.6 Å². The third-order valence-electron chi connectivity index (χ3n) is 5.27. The first-order valence-electron chi connectivity index (χ1n) is 11.2. The lowest BCUT2D eigenvalue weighted by Crippen LogP contribution is -2.16. The van der Waals surface area contributed by atoms with Crippen LogP contribution in [0.4, 0.5) is 21.7 Å². The van der Waals surface area contributed by atoms with Crippen LogP contribution in [-0.4, -0.2) is 46.9 Å². The van der Waals surface area contributed by atoms with E-state index < -0.39 is 15.9 Å². The normalized spacial score (nSPS) is 11.2. The Morgan fingerprint density at radius 1 is 1.19 bits per heavy atom. The molecule has 0 saturated heterocycles. The van der Waals surface area contributed by atoms with Crippen molar-refractivity contribution in [3.8, 4) is 17.0 Å². The zero-order valence-corrected chi connectivity index (χ0v) is 20.5. The van der Waals surface area contributed by atoms with Gasteiger partial charge in [-0.1, -0.05) is 18.2 Å². The van der Waals surface area contributed by atoms with Crippen LogP contribution < -0.4 is 20.5 Å². The smallest absolute Gasteiger partial charge is 0.254 e. The molecule has 4 aromatic rings. The van der Waals surface area contributed by atoms with Gasteiger partial charge in [-0.15, -0.1) is 0 Å². The average molecular weight is 526 g/mol. The number of carbonyl (C=O) groups excluding carboxylic acids is 1. The number of H-pyrrole nitrogens is 1. The molecule has 0 saturated carbocycles. The lowest BCUT2D eigenvalue weighted by atomic mass is 10.1.